The van der Waals surface area contributed by atoms with Crippen LogP contribution in [0.5, 0.6) is 0 Å². The minimum absolute atomic E-state index is 0.766. The van der Waals surface area contributed by atoms with E-state index in [0.29, 0.717) is 0 Å². The second-order valence-corrected chi connectivity index (χ2v) is 5.92. The Labute approximate surface area is 126 Å². The number of ether oxygens (including phenoxy) is 1. The lowest BCUT2D eigenvalue weighted by Gasteiger charge is -2.04. The minimum atomic E-state index is 0.766. The molecule has 0 fully saturated rings. The van der Waals surface area contributed by atoms with Gasteiger partial charge in [-0.2, -0.15) is 0 Å². The van der Waals surface area contributed by atoms with Crippen molar-refractivity contribution in [2.75, 3.05) is 19.1 Å². The van der Waals surface area contributed by atoms with Gasteiger partial charge in [-0.05, 0) is 19.3 Å². The molecule has 0 saturated carbocycles. The largest absolute Gasteiger partial charge is 0.381 e. The molecule has 0 radical (unpaired) electrons. The lowest BCUT2D eigenvalue weighted by Crippen LogP contribution is -1.97. The summed E-state index contributed by atoms with van der Waals surface area (Å²) >= 11 is 5.60. The van der Waals surface area contributed by atoms with E-state index in [1.54, 1.807) is 0 Å². The first-order chi connectivity index (χ1) is 9.41. The molecular formula is C17H35ClO. The fourth-order valence-electron chi connectivity index (χ4n) is 2.27. The number of unbranched alkanes of at least 4 members (excludes halogenated alkanes) is 11. The zero-order valence-electron chi connectivity index (χ0n) is 13.1. The highest BCUT2D eigenvalue weighted by atomic mass is 35.5. The van der Waals surface area contributed by atoms with Crippen molar-refractivity contribution in [1.82, 2.24) is 0 Å². The molecule has 0 heterocycles. The van der Waals surface area contributed by atoms with Gasteiger partial charge in [0.15, 0.2) is 0 Å². The molecule has 1 nitrogen and oxygen atoms in total. The monoisotopic (exact) mass is 290 g/mol. The van der Waals surface area contributed by atoms with Crippen LogP contribution >= 0.6 is 11.6 Å². The molecule has 0 bridgehead atoms. The Balaban J connectivity index is 2.88. The van der Waals surface area contributed by atoms with Gasteiger partial charge in [-0.3, -0.25) is 0 Å². The second-order valence-electron chi connectivity index (χ2n) is 5.54. The van der Waals surface area contributed by atoms with Crippen molar-refractivity contribution in [3.8, 4) is 0 Å². The molecule has 0 amide bonds. The van der Waals surface area contributed by atoms with Crippen molar-refractivity contribution >= 4 is 11.6 Å². The number of halogens is 1. The summed E-state index contributed by atoms with van der Waals surface area (Å²) in [5, 5.41) is 0. The molecule has 19 heavy (non-hydrogen) atoms. The summed E-state index contributed by atoms with van der Waals surface area (Å²) in [5.41, 5.74) is 0. The maximum atomic E-state index is 5.60. The van der Waals surface area contributed by atoms with Crippen LogP contribution in [0.4, 0.5) is 0 Å². The van der Waals surface area contributed by atoms with Crippen molar-refractivity contribution in [3.63, 3.8) is 0 Å². The minimum Gasteiger partial charge on any atom is -0.381 e. The standard InChI is InChI=1S/C17H35ClO/c1-2-3-4-5-6-7-8-9-10-11-13-16-19-17-14-12-15-18/h2-17H2,1H3. The molecule has 0 aliphatic heterocycles. The van der Waals surface area contributed by atoms with Gasteiger partial charge < -0.3 is 4.74 Å². The van der Waals surface area contributed by atoms with Crippen LogP contribution < -0.4 is 0 Å². The molecule has 0 aromatic rings. The van der Waals surface area contributed by atoms with Crippen molar-refractivity contribution in [1.29, 1.82) is 0 Å². The Morgan fingerprint density at radius 1 is 0.579 bits per heavy atom. The molecule has 0 spiro atoms. The van der Waals surface area contributed by atoms with Gasteiger partial charge in [0.05, 0.1) is 0 Å². The molecule has 0 N–H and O–H groups in total. The third-order valence-electron chi connectivity index (χ3n) is 3.56. The second kappa shape index (κ2) is 18.2. The molecule has 0 aromatic carbocycles. The van der Waals surface area contributed by atoms with E-state index in [9.17, 15) is 0 Å². The Bertz CT molecular complexity index is 134. The van der Waals surface area contributed by atoms with Crippen molar-refractivity contribution in [2.24, 2.45) is 0 Å². The van der Waals surface area contributed by atoms with Crippen LogP contribution in [0.15, 0.2) is 0 Å². The molecule has 0 saturated heterocycles. The van der Waals surface area contributed by atoms with Gasteiger partial charge in [0.1, 0.15) is 0 Å². The van der Waals surface area contributed by atoms with E-state index in [0.717, 1.165) is 31.9 Å². The third-order valence-corrected chi connectivity index (χ3v) is 3.83. The average molecular weight is 291 g/mol. The molecule has 0 unspecified atom stereocenters. The Morgan fingerprint density at radius 3 is 1.47 bits per heavy atom. The van der Waals surface area contributed by atoms with Gasteiger partial charge in [0, 0.05) is 19.1 Å². The Hall–Kier alpha value is 0.250. The molecular weight excluding hydrogens is 256 g/mol. The summed E-state index contributed by atoms with van der Waals surface area (Å²) in [6, 6.07) is 0. The number of rotatable bonds is 16. The van der Waals surface area contributed by atoms with Gasteiger partial charge in [-0.15, -0.1) is 11.6 Å². The Morgan fingerprint density at radius 2 is 1.00 bits per heavy atom. The summed E-state index contributed by atoms with van der Waals surface area (Å²) in [6.07, 6.45) is 17.6. The fourth-order valence-corrected chi connectivity index (χ4v) is 2.46. The first-order valence-electron chi connectivity index (χ1n) is 8.55. The first kappa shape index (κ1) is 19.2. The van der Waals surface area contributed by atoms with Crippen molar-refractivity contribution in [2.45, 2.75) is 90.4 Å². The smallest absolute Gasteiger partial charge is 0.0466 e. The van der Waals surface area contributed by atoms with E-state index in [-0.39, 0.29) is 0 Å². The fraction of sp³-hybridized carbons (Fsp3) is 1.00. The van der Waals surface area contributed by atoms with Crippen LogP contribution in [-0.2, 0) is 4.74 Å². The summed E-state index contributed by atoms with van der Waals surface area (Å²) in [7, 11) is 0. The molecule has 0 aliphatic carbocycles. The molecule has 0 rings (SSSR count). The zero-order valence-corrected chi connectivity index (χ0v) is 13.9. The summed E-state index contributed by atoms with van der Waals surface area (Å²) in [4.78, 5) is 0. The van der Waals surface area contributed by atoms with Crippen LogP contribution in [-0.4, -0.2) is 19.1 Å². The van der Waals surface area contributed by atoms with Crippen LogP contribution in [0.3, 0.4) is 0 Å². The topological polar surface area (TPSA) is 9.23 Å². The first-order valence-corrected chi connectivity index (χ1v) is 9.09. The highest BCUT2D eigenvalue weighted by Crippen LogP contribution is 2.11. The van der Waals surface area contributed by atoms with E-state index in [2.05, 4.69) is 6.92 Å². The Kier molecular flexibility index (Phi) is 18.5. The van der Waals surface area contributed by atoms with Crippen LogP contribution in [0.1, 0.15) is 90.4 Å². The summed E-state index contributed by atoms with van der Waals surface area (Å²) in [6.45, 7) is 4.12. The van der Waals surface area contributed by atoms with E-state index >= 15 is 0 Å². The van der Waals surface area contributed by atoms with E-state index in [1.165, 1.54) is 70.6 Å². The number of alkyl halides is 1. The highest BCUT2D eigenvalue weighted by Gasteiger charge is 1.93. The van der Waals surface area contributed by atoms with Gasteiger partial charge in [0.2, 0.25) is 0 Å². The van der Waals surface area contributed by atoms with Gasteiger partial charge in [-0.1, -0.05) is 71.1 Å². The number of hydrogen-bond acceptors (Lipinski definition) is 1. The van der Waals surface area contributed by atoms with E-state index in [1.807, 2.05) is 0 Å². The predicted molar refractivity (Wildman–Crippen MR) is 87.2 cm³/mol. The molecule has 116 valence electrons. The zero-order chi connectivity index (χ0) is 14.0. The maximum Gasteiger partial charge on any atom is 0.0466 e. The highest BCUT2D eigenvalue weighted by molar-refractivity contribution is 6.17. The van der Waals surface area contributed by atoms with Crippen LogP contribution in [0.2, 0.25) is 0 Å². The molecule has 0 atom stereocenters. The van der Waals surface area contributed by atoms with Gasteiger partial charge >= 0.3 is 0 Å². The maximum absolute atomic E-state index is 5.60. The molecule has 2 heteroatoms. The predicted octanol–water partition coefficient (Wildman–Crippen LogP) is 6.33. The lowest BCUT2D eigenvalue weighted by molar-refractivity contribution is 0.127. The number of hydrogen-bond donors (Lipinski definition) is 0. The van der Waals surface area contributed by atoms with Crippen molar-refractivity contribution < 1.29 is 4.74 Å². The SMILES string of the molecule is CCCCCCCCCCCCCOCCCCCl. The average Bonchev–Trinajstić information content (AvgIpc) is 2.43. The van der Waals surface area contributed by atoms with Gasteiger partial charge in [0.25, 0.3) is 0 Å². The third kappa shape index (κ3) is 18.2. The summed E-state index contributed by atoms with van der Waals surface area (Å²) < 4.78 is 5.56. The summed E-state index contributed by atoms with van der Waals surface area (Å²) in [5.74, 6) is 0.766. The molecule has 0 aromatic heterocycles. The lowest BCUT2D eigenvalue weighted by atomic mass is 10.1. The van der Waals surface area contributed by atoms with E-state index in [4.69, 9.17) is 16.3 Å². The van der Waals surface area contributed by atoms with Crippen LogP contribution in [0, 0.1) is 0 Å². The van der Waals surface area contributed by atoms with Crippen molar-refractivity contribution in [3.05, 3.63) is 0 Å². The normalized spacial score (nSPS) is 11.1. The van der Waals surface area contributed by atoms with E-state index < -0.39 is 0 Å². The van der Waals surface area contributed by atoms with Crippen LogP contribution in [0.25, 0.3) is 0 Å². The molecule has 0 aliphatic rings. The quantitative estimate of drug-likeness (QED) is 0.238. The van der Waals surface area contributed by atoms with Gasteiger partial charge in [-0.25, -0.2) is 0 Å².